The van der Waals surface area contributed by atoms with Gasteiger partial charge in [0.05, 0.1) is 12.0 Å². The lowest BCUT2D eigenvalue weighted by atomic mass is 9.98. The van der Waals surface area contributed by atoms with Crippen molar-refractivity contribution in [2.24, 2.45) is 11.7 Å². The number of nitrogens with one attached hydrogen (secondary N) is 1. The molecule has 1 aromatic carbocycles. The Morgan fingerprint density at radius 3 is 2.30 bits per heavy atom. The fourth-order valence-corrected chi connectivity index (χ4v) is 3.61. The van der Waals surface area contributed by atoms with Crippen LogP contribution in [0.25, 0.3) is 0 Å². The molecule has 0 amide bonds. The summed E-state index contributed by atoms with van der Waals surface area (Å²) in [7, 11) is -2.00. The van der Waals surface area contributed by atoms with Gasteiger partial charge in [0.15, 0.2) is 0 Å². The fourth-order valence-electron chi connectivity index (χ4n) is 2.13. The van der Waals surface area contributed by atoms with Gasteiger partial charge in [-0.3, -0.25) is 0 Å². The van der Waals surface area contributed by atoms with E-state index in [0.717, 1.165) is 12.8 Å². The third-order valence-electron chi connectivity index (χ3n) is 3.64. The maximum atomic E-state index is 12.3. The molecule has 1 fully saturated rings. The van der Waals surface area contributed by atoms with Crippen LogP contribution in [0.1, 0.15) is 19.8 Å². The van der Waals surface area contributed by atoms with Crippen molar-refractivity contribution in [1.29, 1.82) is 0 Å². The molecule has 0 bridgehead atoms. The summed E-state index contributed by atoms with van der Waals surface area (Å²) in [5, 5.41) is 0. The standard InChI is InChI=1S/C13H20N2O3S.ClH/c1-13(9-14,10-3-4-10)15-19(16,17)12-7-5-11(18-2)6-8-12;/h5-8,10,15H,3-4,9,14H2,1-2H3;1H. The van der Waals surface area contributed by atoms with E-state index in [4.69, 9.17) is 10.5 Å². The third-order valence-corrected chi connectivity index (χ3v) is 5.27. The van der Waals surface area contributed by atoms with Crippen molar-refractivity contribution in [1.82, 2.24) is 4.72 Å². The van der Waals surface area contributed by atoms with E-state index in [2.05, 4.69) is 4.72 Å². The molecule has 0 heterocycles. The summed E-state index contributed by atoms with van der Waals surface area (Å²) in [6.45, 7) is 2.17. The highest BCUT2D eigenvalue weighted by molar-refractivity contribution is 7.89. The third kappa shape index (κ3) is 3.63. The van der Waals surface area contributed by atoms with Crippen molar-refractivity contribution < 1.29 is 13.2 Å². The van der Waals surface area contributed by atoms with Crippen molar-refractivity contribution in [3.63, 3.8) is 0 Å². The molecule has 3 N–H and O–H groups in total. The largest absolute Gasteiger partial charge is 0.497 e. The van der Waals surface area contributed by atoms with Crippen LogP contribution in [0.3, 0.4) is 0 Å². The van der Waals surface area contributed by atoms with E-state index in [9.17, 15) is 8.42 Å². The van der Waals surface area contributed by atoms with Crippen LogP contribution < -0.4 is 15.2 Å². The van der Waals surface area contributed by atoms with Crippen molar-refractivity contribution in [3.8, 4) is 5.75 Å². The molecule has 0 spiro atoms. The quantitative estimate of drug-likeness (QED) is 0.832. The number of nitrogens with two attached hydrogens (primary N) is 1. The maximum Gasteiger partial charge on any atom is 0.241 e. The highest BCUT2D eigenvalue weighted by Gasteiger charge is 2.43. The molecular weight excluding hydrogens is 300 g/mol. The van der Waals surface area contributed by atoms with Gasteiger partial charge >= 0.3 is 0 Å². The van der Waals surface area contributed by atoms with Gasteiger partial charge < -0.3 is 10.5 Å². The summed E-state index contributed by atoms with van der Waals surface area (Å²) >= 11 is 0. The Balaban J connectivity index is 0.00000200. The van der Waals surface area contributed by atoms with Crippen LogP contribution >= 0.6 is 12.4 Å². The first-order valence-electron chi connectivity index (χ1n) is 6.29. The van der Waals surface area contributed by atoms with E-state index >= 15 is 0 Å². The minimum atomic E-state index is -3.55. The Hall–Kier alpha value is -0.820. The molecule has 0 radical (unpaired) electrons. The Morgan fingerprint density at radius 2 is 1.90 bits per heavy atom. The molecule has 1 atom stereocenters. The number of hydrogen-bond donors (Lipinski definition) is 2. The molecule has 0 aromatic heterocycles. The van der Waals surface area contributed by atoms with Gasteiger partial charge in [-0.15, -0.1) is 12.4 Å². The van der Waals surface area contributed by atoms with Crippen molar-refractivity contribution >= 4 is 22.4 Å². The van der Waals surface area contributed by atoms with Crippen LogP contribution in [0.4, 0.5) is 0 Å². The zero-order valence-electron chi connectivity index (χ0n) is 11.6. The molecule has 1 unspecified atom stereocenters. The van der Waals surface area contributed by atoms with E-state index < -0.39 is 15.6 Å². The monoisotopic (exact) mass is 320 g/mol. The van der Waals surface area contributed by atoms with E-state index in [1.807, 2.05) is 6.92 Å². The van der Waals surface area contributed by atoms with Gasteiger partial charge in [0.25, 0.3) is 0 Å². The minimum absolute atomic E-state index is 0. The summed E-state index contributed by atoms with van der Waals surface area (Å²) in [6, 6.07) is 6.33. The topological polar surface area (TPSA) is 81.4 Å². The van der Waals surface area contributed by atoms with Crippen LogP contribution in [0, 0.1) is 5.92 Å². The molecule has 20 heavy (non-hydrogen) atoms. The molecule has 114 valence electrons. The molecule has 5 nitrogen and oxygen atoms in total. The zero-order chi connectivity index (χ0) is 14.1. The van der Waals surface area contributed by atoms with Crippen LogP contribution in [-0.4, -0.2) is 27.6 Å². The highest BCUT2D eigenvalue weighted by Crippen LogP contribution is 2.39. The van der Waals surface area contributed by atoms with Crippen LogP contribution in [-0.2, 0) is 10.0 Å². The Labute approximate surface area is 126 Å². The Morgan fingerprint density at radius 1 is 1.35 bits per heavy atom. The van der Waals surface area contributed by atoms with Gasteiger partial charge in [-0.2, -0.15) is 0 Å². The predicted molar refractivity (Wildman–Crippen MR) is 80.7 cm³/mol. The molecule has 0 saturated heterocycles. The summed E-state index contributed by atoms with van der Waals surface area (Å²) in [5.74, 6) is 0.966. The van der Waals surface area contributed by atoms with Gasteiger partial charge in [-0.05, 0) is 49.9 Å². The van der Waals surface area contributed by atoms with E-state index in [1.165, 1.54) is 12.1 Å². The van der Waals surface area contributed by atoms with E-state index in [-0.39, 0.29) is 17.3 Å². The van der Waals surface area contributed by atoms with Crippen molar-refractivity contribution in [2.75, 3.05) is 13.7 Å². The number of ether oxygens (including phenoxy) is 1. The lowest BCUT2D eigenvalue weighted by molar-refractivity contribution is 0.374. The second-order valence-corrected chi connectivity index (χ2v) is 6.86. The second kappa shape index (κ2) is 6.30. The van der Waals surface area contributed by atoms with Crippen LogP contribution in [0.15, 0.2) is 29.2 Å². The summed E-state index contributed by atoms with van der Waals surface area (Å²) in [4.78, 5) is 0.230. The van der Waals surface area contributed by atoms with Crippen molar-refractivity contribution in [3.05, 3.63) is 24.3 Å². The van der Waals surface area contributed by atoms with Gasteiger partial charge in [0.2, 0.25) is 10.0 Å². The van der Waals surface area contributed by atoms with E-state index in [0.29, 0.717) is 18.2 Å². The van der Waals surface area contributed by atoms with Crippen molar-refractivity contribution in [2.45, 2.75) is 30.2 Å². The number of sulfonamides is 1. The minimum Gasteiger partial charge on any atom is -0.497 e. The molecule has 0 aliphatic heterocycles. The Kier molecular flexibility index (Phi) is 5.43. The van der Waals surface area contributed by atoms with Crippen LogP contribution in [0.2, 0.25) is 0 Å². The summed E-state index contributed by atoms with van der Waals surface area (Å²) in [5.41, 5.74) is 5.18. The van der Waals surface area contributed by atoms with Gasteiger partial charge in [0, 0.05) is 12.1 Å². The smallest absolute Gasteiger partial charge is 0.241 e. The first-order chi connectivity index (χ1) is 8.91. The van der Waals surface area contributed by atoms with Gasteiger partial charge in [0.1, 0.15) is 5.75 Å². The Bertz CT molecular complexity index is 543. The first kappa shape index (κ1) is 17.2. The SMILES string of the molecule is COc1ccc(S(=O)(=O)NC(C)(CN)C2CC2)cc1.Cl. The molecule has 1 aliphatic rings. The average Bonchev–Trinajstić information content (AvgIpc) is 3.23. The predicted octanol–water partition coefficient (Wildman–Crippen LogP) is 1.52. The molecule has 1 saturated carbocycles. The maximum absolute atomic E-state index is 12.3. The zero-order valence-corrected chi connectivity index (χ0v) is 13.3. The van der Waals surface area contributed by atoms with Gasteiger partial charge in [-0.1, -0.05) is 0 Å². The molecule has 1 aromatic rings. The second-order valence-electron chi connectivity index (χ2n) is 5.18. The van der Waals surface area contributed by atoms with Crippen LogP contribution in [0.5, 0.6) is 5.75 Å². The molecule has 7 heteroatoms. The lowest BCUT2D eigenvalue weighted by Crippen LogP contribution is -2.52. The van der Waals surface area contributed by atoms with E-state index in [1.54, 1.807) is 19.2 Å². The first-order valence-corrected chi connectivity index (χ1v) is 7.78. The normalized spacial score (nSPS) is 17.9. The number of hydrogen-bond acceptors (Lipinski definition) is 4. The number of methoxy groups -OCH3 is 1. The molecule has 2 rings (SSSR count). The van der Waals surface area contributed by atoms with Gasteiger partial charge in [-0.25, -0.2) is 13.1 Å². The number of benzene rings is 1. The number of rotatable bonds is 6. The average molecular weight is 321 g/mol. The highest BCUT2D eigenvalue weighted by atomic mass is 35.5. The fraction of sp³-hybridized carbons (Fsp3) is 0.538. The lowest BCUT2D eigenvalue weighted by Gasteiger charge is -2.29. The summed E-state index contributed by atoms with van der Waals surface area (Å²) < 4.78 is 32.4. The summed E-state index contributed by atoms with van der Waals surface area (Å²) in [6.07, 6.45) is 2.05. The molecular formula is C13H21ClN2O3S. The molecule has 1 aliphatic carbocycles. The number of halogens is 1.